The maximum absolute atomic E-state index is 9.29. The molecule has 0 bridgehead atoms. The van der Waals surface area contributed by atoms with Crippen LogP contribution >= 0.6 is 0 Å². The minimum absolute atomic E-state index is 0.412. The Labute approximate surface area is 230 Å². The van der Waals surface area contributed by atoms with Crippen LogP contribution < -0.4 is 0 Å². The van der Waals surface area contributed by atoms with Gasteiger partial charge < -0.3 is 8.98 Å². The Morgan fingerprint density at radius 2 is 1.35 bits per heavy atom. The van der Waals surface area contributed by atoms with Crippen molar-refractivity contribution in [2.45, 2.75) is 0 Å². The summed E-state index contributed by atoms with van der Waals surface area (Å²) < 4.78 is 8.77. The molecule has 0 saturated carbocycles. The minimum Gasteiger partial charge on any atom is -0.455 e. The lowest BCUT2D eigenvalue weighted by molar-refractivity contribution is 0.673. The fraction of sp³-hybridized carbons (Fsp3) is 0. The van der Waals surface area contributed by atoms with Crippen molar-refractivity contribution >= 4 is 43.7 Å². The highest BCUT2D eigenvalue weighted by Gasteiger charge is 2.18. The molecule has 0 saturated heterocycles. The number of para-hydroxylation sites is 2. The first kappa shape index (κ1) is 22.3. The standard InChI is InChI=1S/C36H21N3O/c37-22-26-11-7-15-31(38-26)25-10-5-8-23(20-25)24-9-6-12-27(21-24)39-32-16-3-1-14-30(32)35-33(39)19-18-29-28-13-2-4-17-34(28)40-36(29)35/h1-21H. The number of pyridine rings is 1. The molecule has 0 aliphatic rings. The summed E-state index contributed by atoms with van der Waals surface area (Å²) in [5.74, 6) is 0. The van der Waals surface area contributed by atoms with E-state index in [0.717, 1.165) is 71.8 Å². The fourth-order valence-corrected chi connectivity index (χ4v) is 5.85. The SMILES string of the molecule is N#Cc1cccc(-c2cccc(-c3cccc(-n4c5ccccc5c5c6oc7ccccc7c6ccc54)c3)c2)n1. The molecule has 0 amide bonds. The van der Waals surface area contributed by atoms with Gasteiger partial charge in [-0.3, -0.25) is 0 Å². The van der Waals surface area contributed by atoms with Gasteiger partial charge in [-0.25, -0.2) is 4.98 Å². The quantitative estimate of drug-likeness (QED) is 0.237. The van der Waals surface area contributed by atoms with Crippen LogP contribution in [0.15, 0.2) is 132 Å². The molecule has 0 unspecified atom stereocenters. The zero-order valence-corrected chi connectivity index (χ0v) is 21.4. The lowest BCUT2D eigenvalue weighted by atomic mass is 10.0. The van der Waals surface area contributed by atoms with Gasteiger partial charge in [0.25, 0.3) is 0 Å². The molecule has 3 heterocycles. The predicted octanol–water partition coefficient (Wildman–Crippen LogP) is 9.28. The summed E-state index contributed by atoms with van der Waals surface area (Å²) in [5, 5.41) is 13.8. The number of hydrogen-bond acceptors (Lipinski definition) is 3. The van der Waals surface area contributed by atoms with Crippen LogP contribution in [0.1, 0.15) is 5.69 Å². The Morgan fingerprint density at radius 3 is 2.25 bits per heavy atom. The van der Waals surface area contributed by atoms with Crippen LogP contribution in [0.25, 0.3) is 71.8 Å². The number of aromatic nitrogens is 2. The fourth-order valence-electron chi connectivity index (χ4n) is 5.85. The molecule has 4 heteroatoms. The van der Waals surface area contributed by atoms with E-state index in [1.165, 1.54) is 0 Å². The zero-order valence-electron chi connectivity index (χ0n) is 21.4. The third-order valence-corrected chi connectivity index (χ3v) is 7.64. The second kappa shape index (κ2) is 8.69. The van der Waals surface area contributed by atoms with Gasteiger partial charge in [-0.2, -0.15) is 5.26 Å². The van der Waals surface area contributed by atoms with E-state index >= 15 is 0 Å². The van der Waals surface area contributed by atoms with Crippen LogP contribution in [0.2, 0.25) is 0 Å². The van der Waals surface area contributed by atoms with Crippen molar-refractivity contribution in [3.05, 3.63) is 133 Å². The summed E-state index contributed by atoms with van der Waals surface area (Å²) in [6.45, 7) is 0. The number of hydrogen-bond donors (Lipinski definition) is 0. The van der Waals surface area contributed by atoms with E-state index in [2.05, 4.69) is 101 Å². The van der Waals surface area contributed by atoms with Crippen LogP contribution in [0, 0.1) is 11.3 Å². The molecular formula is C36H21N3O. The summed E-state index contributed by atoms with van der Waals surface area (Å²) in [6, 6.07) is 45.7. The smallest absolute Gasteiger partial charge is 0.145 e. The van der Waals surface area contributed by atoms with Gasteiger partial charge in [0.2, 0.25) is 0 Å². The van der Waals surface area contributed by atoms with E-state index in [1.807, 2.05) is 36.4 Å². The average molecular weight is 512 g/mol. The monoisotopic (exact) mass is 511 g/mol. The van der Waals surface area contributed by atoms with Crippen LogP contribution in [0.5, 0.6) is 0 Å². The van der Waals surface area contributed by atoms with E-state index in [9.17, 15) is 5.26 Å². The first-order valence-corrected chi connectivity index (χ1v) is 13.2. The Kier molecular flexibility index (Phi) is 4.85. The normalized spacial score (nSPS) is 11.5. The molecule has 40 heavy (non-hydrogen) atoms. The number of fused-ring (bicyclic) bond motifs is 7. The van der Waals surface area contributed by atoms with E-state index < -0.39 is 0 Å². The van der Waals surface area contributed by atoms with Crippen molar-refractivity contribution in [1.82, 2.24) is 9.55 Å². The Balaban J connectivity index is 1.33. The zero-order chi connectivity index (χ0) is 26.6. The van der Waals surface area contributed by atoms with E-state index in [1.54, 1.807) is 6.07 Å². The lowest BCUT2D eigenvalue weighted by Gasteiger charge is -2.11. The molecule has 0 radical (unpaired) electrons. The molecule has 3 aromatic heterocycles. The van der Waals surface area contributed by atoms with Gasteiger partial charge in [-0.15, -0.1) is 0 Å². The highest BCUT2D eigenvalue weighted by molar-refractivity contribution is 6.23. The molecule has 186 valence electrons. The largest absolute Gasteiger partial charge is 0.455 e. The number of benzene rings is 5. The molecule has 0 N–H and O–H groups in total. The van der Waals surface area contributed by atoms with Gasteiger partial charge in [0.05, 0.1) is 22.1 Å². The molecule has 5 aromatic carbocycles. The van der Waals surface area contributed by atoms with Gasteiger partial charge >= 0.3 is 0 Å². The van der Waals surface area contributed by atoms with Gasteiger partial charge in [-0.1, -0.05) is 72.8 Å². The van der Waals surface area contributed by atoms with Crippen molar-refractivity contribution < 1.29 is 4.42 Å². The summed E-state index contributed by atoms with van der Waals surface area (Å²) in [5.41, 5.74) is 9.51. The first-order valence-electron chi connectivity index (χ1n) is 13.2. The number of nitriles is 1. The number of nitrogens with zero attached hydrogens (tertiary/aromatic N) is 3. The molecule has 4 nitrogen and oxygen atoms in total. The third-order valence-electron chi connectivity index (χ3n) is 7.64. The minimum atomic E-state index is 0.412. The molecule has 0 atom stereocenters. The van der Waals surface area contributed by atoms with Crippen molar-refractivity contribution in [3.8, 4) is 34.1 Å². The third kappa shape index (κ3) is 3.35. The van der Waals surface area contributed by atoms with E-state index in [0.29, 0.717) is 5.69 Å². The highest BCUT2D eigenvalue weighted by atomic mass is 16.3. The van der Waals surface area contributed by atoms with Crippen molar-refractivity contribution in [2.75, 3.05) is 0 Å². The molecule has 8 aromatic rings. The molecule has 0 aliphatic carbocycles. The van der Waals surface area contributed by atoms with Gasteiger partial charge in [0.1, 0.15) is 22.9 Å². The molecule has 0 aliphatic heterocycles. The lowest BCUT2D eigenvalue weighted by Crippen LogP contribution is -1.94. The highest BCUT2D eigenvalue weighted by Crippen LogP contribution is 2.40. The van der Waals surface area contributed by atoms with Crippen LogP contribution in [0.3, 0.4) is 0 Å². The molecular weight excluding hydrogens is 490 g/mol. The van der Waals surface area contributed by atoms with Crippen LogP contribution in [-0.2, 0) is 0 Å². The van der Waals surface area contributed by atoms with Crippen molar-refractivity contribution in [1.29, 1.82) is 5.26 Å². The Bertz CT molecular complexity index is 2300. The van der Waals surface area contributed by atoms with Crippen LogP contribution in [0.4, 0.5) is 0 Å². The summed E-state index contributed by atoms with van der Waals surface area (Å²) >= 11 is 0. The van der Waals surface area contributed by atoms with Crippen LogP contribution in [-0.4, -0.2) is 9.55 Å². The predicted molar refractivity (Wildman–Crippen MR) is 161 cm³/mol. The topological polar surface area (TPSA) is 54.8 Å². The number of furan rings is 1. The summed E-state index contributed by atoms with van der Waals surface area (Å²) in [7, 11) is 0. The molecule has 8 rings (SSSR count). The second-order valence-electron chi connectivity index (χ2n) is 9.94. The van der Waals surface area contributed by atoms with Crippen molar-refractivity contribution in [3.63, 3.8) is 0 Å². The van der Waals surface area contributed by atoms with Gasteiger partial charge in [-0.05, 0) is 65.7 Å². The van der Waals surface area contributed by atoms with Gasteiger partial charge in [0.15, 0.2) is 0 Å². The second-order valence-corrected chi connectivity index (χ2v) is 9.94. The van der Waals surface area contributed by atoms with Crippen molar-refractivity contribution in [2.24, 2.45) is 0 Å². The first-order chi connectivity index (χ1) is 19.8. The average Bonchev–Trinajstić information content (AvgIpc) is 3.57. The summed E-state index contributed by atoms with van der Waals surface area (Å²) in [6.07, 6.45) is 0. The Hall–Kier alpha value is -5.66. The van der Waals surface area contributed by atoms with E-state index in [-0.39, 0.29) is 0 Å². The van der Waals surface area contributed by atoms with E-state index in [4.69, 9.17) is 4.42 Å². The summed E-state index contributed by atoms with van der Waals surface area (Å²) in [4.78, 5) is 4.49. The number of rotatable bonds is 3. The van der Waals surface area contributed by atoms with Gasteiger partial charge in [0, 0.05) is 27.4 Å². The maximum atomic E-state index is 9.29. The maximum Gasteiger partial charge on any atom is 0.145 e. The Morgan fingerprint density at radius 1 is 0.600 bits per heavy atom. The molecule has 0 fully saturated rings. The molecule has 0 spiro atoms.